The van der Waals surface area contributed by atoms with Gasteiger partial charge in [-0.1, -0.05) is 12.1 Å². The number of piperidine rings is 1. The Morgan fingerprint density at radius 2 is 2.20 bits per heavy atom. The van der Waals surface area contributed by atoms with Crippen LogP contribution >= 0.6 is 0 Å². The molecule has 3 nitrogen and oxygen atoms in total. The highest BCUT2D eigenvalue weighted by Crippen LogP contribution is 2.35. The van der Waals surface area contributed by atoms with Crippen molar-refractivity contribution in [3.8, 4) is 6.07 Å². The van der Waals surface area contributed by atoms with Gasteiger partial charge in [-0.2, -0.15) is 5.26 Å². The van der Waals surface area contributed by atoms with Gasteiger partial charge in [0.25, 0.3) is 0 Å². The average Bonchev–Trinajstić information content (AvgIpc) is 3.29. The molecule has 1 heterocycles. The molecule has 0 aromatic heterocycles. The zero-order chi connectivity index (χ0) is 13.9. The van der Waals surface area contributed by atoms with E-state index in [0.29, 0.717) is 12.0 Å². The monoisotopic (exact) mass is 269 g/mol. The maximum Gasteiger partial charge on any atom is 0.0991 e. The highest BCUT2D eigenvalue weighted by Gasteiger charge is 2.32. The van der Waals surface area contributed by atoms with Gasteiger partial charge in [-0.25, -0.2) is 0 Å². The molecule has 106 valence electrons. The maximum atomic E-state index is 9.10. The van der Waals surface area contributed by atoms with Crippen molar-refractivity contribution in [3.63, 3.8) is 0 Å². The first-order valence-electron chi connectivity index (χ1n) is 7.71. The number of nitrogens with zero attached hydrogens (tertiary/aromatic N) is 2. The predicted molar refractivity (Wildman–Crippen MR) is 80.3 cm³/mol. The summed E-state index contributed by atoms with van der Waals surface area (Å²) in [5, 5.41) is 12.8. The predicted octanol–water partition coefficient (Wildman–Crippen LogP) is 2.69. The lowest BCUT2D eigenvalue weighted by atomic mass is 9.84. The summed E-state index contributed by atoms with van der Waals surface area (Å²) >= 11 is 0. The van der Waals surface area contributed by atoms with E-state index in [4.69, 9.17) is 5.26 Å². The lowest BCUT2D eigenvalue weighted by Gasteiger charge is -2.40. The summed E-state index contributed by atoms with van der Waals surface area (Å²) in [4.78, 5) is 2.46. The van der Waals surface area contributed by atoms with Gasteiger partial charge < -0.3 is 5.32 Å². The van der Waals surface area contributed by atoms with Gasteiger partial charge in [-0.3, -0.25) is 4.90 Å². The highest BCUT2D eigenvalue weighted by atomic mass is 15.1. The number of rotatable bonds is 4. The normalized spacial score (nSPS) is 27.2. The molecule has 1 aromatic rings. The Hall–Kier alpha value is -1.37. The Labute approximate surface area is 121 Å². The minimum absolute atomic E-state index is 0.447. The van der Waals surface area contributed by atoms with Crippen LogP contribution in [0.3, 0.4) is 0 Å². The first-order chi connectivity index (χ1) is 9.78. The van der Waals surface area contributed by atoms with Crippen LogP contribution in [-0.4, -0.2) is 31.1 Å². The molecule has 1 saturated heterocycles. The topological polar surface area (TPSA) is 39.1 Å². The standard InChI is InChI=1S/C17H23N3/c1-20-9-3-6-15(12-19-16-7-8-16)17(20)14-5-2-4-13(10-14)11-18/h2,4-5,10,15-17,19H,3,6-9,12H2,1H3. The van der Waals surface area contributed by atoms with Crippen molar-refractivity contribution in [2.45, 2.75) is 37.8 Å². The summed E-state index contributed by atoms with van der Waals surface area (Å²) in [5.41, 5.74) is 2.07. The lowest BCUT2D eigenvalue weighted by Crippen LogP contribution is -2.41. The van der Waals surface area contributed by atoms with Crippen LogP contribution in [0.5, 0.6) is 0 Å². The molecule has 1 aromatic carbocycles. The zero-order valence-electron chi connectivity index (χ0n) is 12.2. The molecule has 0 spiro atoms. The Balaban J connectivity index is 1.78. The molecule has 2 unspecified atom stereocenters. The summed E-state index contributed by atoms with van der Waals surface area (Å²) in [5.74, 6) is 0.656. The summed E-state index contributed by atoms with van der Waals surface area (Å²) in [6.45, 7) is 2.26. The van der Waals surface area contributed by atoms with Crippen LogP contribution in [0.1, 0.15) is 42.9 Å². The first-order valence-corrected chi connectivity index (χ1v) is 7.71. The first kappa shape index (κ1) is 13.6. The number of likely N-dealkylation sites (tertiary alicyclic amines) is 1. The zero-order valence-corrected chi connectivity index (χ0v) is 12.2. The van der Waals surface area contributed by atoms with E-state index >= 15 is 0 Å². The van der Waals surface area contributed by atoms with E-state index in [1.807, 2.05) is 12.1 Å². The van der Waals surface area contributed by atoms with Gasteiger partial charge in [0.2, 0.25) is 0 Å². The van der Waals surface area contributed by atoms with Gasteiger partial charge in [-0.15, -0.1) is 0 Å². The number of benzene rings is 1. The van der Waals surface area contributed by atoms with E-state index in [0.717, 1.165) is 24.7 Å². The number of nitrogens with one attached hydrogen (secondary N) is 1. The summed E-state index contributed by atoms with van der Waals surface area (Å²) < 4.78 is 0. The van der Waals surface area contributed by atoms with Gasteiger partial charge in [0.05, 0.1) is 11.6 Å². The minimum Gasteiger partial charge on any atom is -0.314 e. The second-order valence-corrected chi connectivity index (χ2v) is 6.25. The quantitative estimate of drug-likeness (QED) is 0.913. The number of hydrogen-bond acceptors (Lipinski definition) is 3. The number of nitriles is 1. The molecule has 1 aliphatic heterocycles. The minimum atomic E-state index is 0.447. The van der Waals surface area contributed by atoms with Crippen molar-refractivity contribution in [2.24, 2.45) is 5.92 Å². The van der Waals surface area contributed by atoms with Crippen molar-refractivity contribution >= 4 is 0 Å². The van der Waals surface area contributed by atoms with Gasteiger partial charge in [0.1, 0.15) is 0 Å². The maximum absolute atomic E-state index is 9.10. The van der Waals surface area contributed by atoms with Crippen LogP contribution < -0.4 is 5.32 Å². The van der Waals surface area contributed by atoms with Crippen LogP contribution in [0.2, 0.25) is 0 Å². The third kappa shape index (κ3) is 3.03. The molecule has 2 aliphatic rings. The molecule has 0 amide bonds. The van der Waals surface area contributed by atoms with Crippen molar-refractivity contribution in [1.82, 2.24) is 10.2 Å². The molecular weight excluding hydrogens is 246 g/mol. The van der Waals surface area contributed by atoms with Crippen molar-refractivity contribution in [1.29, 1.82) is 5.26 Å². The van der Waals surface area contributed by atoms with Crippen molar-refractivity contribution in [2.75, 3.05) is 20.1 Å². The fourth-order valence-corrected chi connectivity index (χ4v) is 3.40. The molecule has 3 rings (SSSR count). The van der Waals surface area contributed by atoms with Crippen LogP contribution in [0.4, 0.5) is 0 Å². The van der Waals surface area contributed by atoms with E-state index in [-0.39, 0.29) is 0 Å². The summed E-state index contributed by atoms with van der Waals surface area (Å²) in [6, 6.07) is 11.6. The van der Waals surface area contributed by atoms with E-state index in [1.165, 1.54) is 31.2 Å². The fourth-order valence-electron chi connectivity index (χ4n) is 3.40. The Bertz CT molecular complexity index is 501. The van der Waals surface area contributed by atoms with Crippen molar-refractivity contribution < 1.29 is 0 Å². The molecule has 1 N–H and O–H groups in total. The van der Waals surface area contributed by atoms with E-state index in [9.17, 15) is 0 Å². The number of hydrogen-bond donors (Lipinski definition) is 1. The van der Waals surface area contributed by atoms with Gasteiger partial charge in [0, 0.05) is 18.6 Å². The largest absolute Gasteiger partial charge is 0.314 e. The third-order valence-electron chi connectivity index (χ3n) is 4.61. The Morgan fingerprint density at radius 1 is 1.35 bits per heavy atom. The van der Waals surface area contributed by atoms with E-state index < -0.39 is 0 Å². The summed E-state index contributed by atoms with van der Waals surface area (Å²) in [7, 11) is 2.22. The second kappa shape index (κ2) is 5.95. The second-order valence-electron chi connectivity index (χ2n) is 6.25. The smallest absolute Gasteiger partial charge is 0.0991 e. The highest BCUT2D eigenvalue weighted by molar-refractivity contribution is 5.34. The van der Waals surface area contributed by atoms with Crippen LogP contribution in [-0.2, 0) is 0 Å². The van der Waals surface area contributed by atoms with E-state index in [1.54, 1.807) is 0 Å². The van der Waals surface area contributed by atoms with Crippen LogP contribution in [0.15, 0.2) is 24.3 Å². The van der Waals surface area contributed by atoms with Crippen molar-refractivity contribution in [3.05, 3.63) is 35.4 Å². The molecule has 20 heavy (non-hydrogen) atoms. The molecular formula is C17H23N3. The van der Waals surface area contributed by atoms with Gasteiger partial charge in [-0.05, 0) is 62.9 Å². The molecule has 1 saturated carbocycles. The SMILES string of the molecule is CN1CCCC(CNC2CC2)C1c1cccc(C#N)c1. The molecule has 2 atom stereocenters. The lowest BCUT2D eigenvalue weighted by molar-refractivity contribution is 0.119. The van der Waals surface area contributed by atoms with Crippen LogP contribution in [0.25, 0.3) is 0 Å². The molecule has 0 radical (unpaired) electrons. The molecule has 3 heteroatoms. The summed E-state index contributed by atoms with van der Waals surface area (Å²) in [6.07, 6.45) is 5.25. The average molecular weight is 269 g/mol. The molecule has 1 aliphatic carbocycles. The van der Waals surface area contributed by atoms with E-state index in [2.05, 4.69) is 35.5 Å². The third-order valence-corrected chi connectivity index (χ3v) is 4.61. The fraction of sp³-hybridized carbons (Fsp3) is 0.588. The molecule has 0 bridgehead atoms. The van der Waals surface area contributed by atoms with Gasteiger partial charge >= 0.3 is 0 Å². The molecule has 2 fully saturated rings. The van der Waals surface area contributed by atoms with Gasteiger partial charge in [0.15, 0.2) is 0 Å². The van der Waals surface area contributed by atoms with Crippen LogP contribution in [0, 0.1) is 17.2 Å². The Morgan fingerprint density at radius 3 is 2.95 bits per heavy atom. The Kier molecular flexibility index (Phi) is 4.05.